The van der Waals surface area contributed by atoms with Gasteiger partial charge in [-0.2, -0.15) is 0 Å². The summed E-state index contributed by atoms with van der Waals surface area (Å²) in [5, 5.41) is 11.7. The zero-order valence-corrected chi connectivity index (χ0v) is 15.4. The topological polar surface area (TPSA) is 58.1 Å². The molecule has 0 saturated carbocycles. The number of nitrogens with zero attached hydrogens (tertiary/aromatic N) is 3. The van der Waals surface area contributed by atoms with Crippen LogP contribution in [0.4, 0.5) is 4.39 Å². The van der Waals surface area contributed by atoms with Gasteiger partial charge in [0.2, 0.25) is 5.01 Å². The largest absolute Gasteiger partial charge is 0.345 e. The normalized spacial score (nSPS) is 28.1. The summed E-state index contributed by atoms with van der Waals surface area (Å²) in [7, 11) is 0. The molecule has 3 fully saturated rings. The Morgan fingerprint density at radius 1 is 1.28 bits per heavy atom. The van der Waals surface area contributed by atoms with E-state index in [2.05, 4.69) is 27.3 Å². The Balaban J connectivity index is 1.41. The van der Waals surface area contributed by atoms with E-state index in [9.17, 15) is 9.18 Å². The smallest absolute Gasteiger partial charge is 0.282 e. The molecular weight excluding hydrogens is 359 g/mol. The third kappa shape index (κ3) is 3.56. The van der Waals surface area contributed by atoms with Crippen molar-refractivity contribution in [3.63, 3.8) is 0 Å². The number of nitrogens with one attached hydrogen (secondary N) is 1. The molecule has 0 radical (unpaired) electrons. The van der Waals surface area contributed by atoms with Gasteiger partial charge in [0.25, 0.3) is 5.91 Å². The van der Waals surface area contributed by atoms with Gasteiger partial charge in [0, 0.05) is 17.0 Å². The Labute approximate surface area is 154 Å². The number of fused-ring (bicyclic) bond motifs is 3. The number of piperidine rings is 3. The maximum Gasteiger partial charge on any atom is 0.282 e. The van der Waals surface area contributed by atoms with Crippen LogP contribution in [0.2, 0.25) is 0 Å². The molecule has 8 heteroatoms. The molecule has 2 aromatic rings. The van der Waals surface area contributed by atoms with Gasteiger partial charge < -0.3 is 5.32 Å². The first kappa shape index (κ1) is 16.9. The van der Waals surface area contributed by atoms with E-state index in [-0.39, 0.29) is 17.8 Å². The van der Waals surface area contributed by atoms with Crippen LogP contribution in [0.1, 0.15) is 29.6 Å². The van der Waals surface area contributed by atoms with Crippen molar-refractivity contribution in [2.24, 2.45) is 5.92 Å². The number of carbonyl (C=O) groups is 1. The molecule has 0 unspecified atom stereocenters. The minimum atomic E-state index is -0.270. The first-order chi connectivity index (χ1) is 12.1. The fourth-order valence-corrected chi connectivity index (χ4v) is 5.43. The second-order valence-corrected chi connectivity index (χ2v) is 8.84. The zero-order valence-electron chi connectivity index (χ0n) is 13.8. The monoisotopic (exact) mass is 378 g/mol. The molecule has 2 bridgehead atoms. The summed E-state index contributed by atoms with van der Waals surface area (Å²) < 4.78 is 13.6. The van der Waals surface area contributed by atoms with Crippen LogP contribution in [0.15, 0.2) is 33.5 Å². The lowest BCUT2D eigenvalue weighted by Gasteiger charge is -2.49. The summed E-state index contributed by atoms with van der Waals surface area (Å²) in [5.74, 6) is 0.146. The maximum absolute atomic E-state index is 13.0. The van der Waals surface area contributed by atoms with Crippen LogP contribution in [-0.4, -0.2) is 46.2 Å². The molecule has 5 nitrogen and oxygen atoms in total. The van der Waals surface area contributed by atoms with Gasteiger partial charge in [-0.15, -0.1) is 10.2 Å². The number of aromatic nitrogens is 2. The van der Waals surface area contributed by atoms with E-state index < -0.39 is 0 Å². The first-order valence-corrected chi connectivity index (χ1v) is 10.1. The van der Waals surface area contributed by atoms with Crippen LogP contribution >= 0.6 is 23.1 Å². The number of carbonyl (C=O) groups excluding carboxylic acids is 1. The van der Waals surface area contributed by atoms with Crippen LogP contribution in [0.25, 0.3) is 0 Å². The van der Waals surface area contributed by atoms with Crippen molar-refractivity contribution in [3.05, 3.63) is 35.1 Å². The molecule has 1 aromatic heterocycles. The Morgan fingerprint density at radius 3 is 2.68 bits per heavy atom. The molecule has 25 heavy (non-hydrogen) atoms. The van der Waals surface area contributed by atoms with E-state index >= 15 is 0 Å². The van der Waals surface area contributed by atoms with Crippen LogP contribution in [0.5, 0.6) is 0 Å². The number of benzene rings is 1. The maximum atomic E-state index is 13.0. The molecule has 2 atom stereocenters. The molecule has 0 aliphatic carbocycles. The van der Waals surface area contributed by atoms with Gasteiger partial charge in [0.05, 0.1) is 0 Å². The highest BCUT2D eigenvalue weighted by molar-refractivity contribution is 8.01. The molecule has 3 aliphatic heterocycles. The fraction of sp³-hybridized carbons (Fsp3) is 0.471. The summed E-state index contributed by atoms with van der Waals surface area (Å²) in [6.07, 6.45) is 2.30. The SMILES string of the molecule is C[C@H]1[C@H](NC(=O)c2nnc(Sc3ccc(F)cc3)s2)C2CCN1CC2. The van der Waals surface area contributed by atoms with Crippen molar-refractivity contribution >= 4 is 29.0 Å². The Hall–Kier alpha value is -1.51. The lowest BCUT2D eigenvalue weighted by molar-refractivity contribution is 0.0217. The Bertz CT molecular complexity index is 756. The van der Waals surface area contributed by atoms with E-state index in [4.69, 9.17) is 0 Å². The van der Waals surface area contributed by atoms with Crippen molar-refractivity contribution in [3.8, 4) is 0 Å². The second kappa shape index (κ2) is 7.01. The van der Waals surface area contributed by atoms with Gasteiger partial charge in [-0.25, -0.2) is 4.39 Å². The number of hydrogen-bond acceptors (Lipinski definition) is 6. The van der Waals surface area contributed by atoms with Crippen molar-refractivity contribution in [1.82, 2.24) is 20.4 Å². The van der Waals surface area contributed by atoms with Gasteiger partial charge >= 0.3 is 0 Å². The first-order valence-electron chi connectivity index (χ1n) is 8.42. The standard InChI is InChI=1S/C17H19FN4OS2/c1-10-14(11-6-8-22(10)9-7-11)19-15(23)16-20-21-17(25-16)24-13-4-2-12(18)3-5-13/h2-5,10-11,14H,6-9H2,1H3,(H,19,23)/t10-,14-/m0/s1. The van der Waals surface area contributed by atoms with E-state index in [0.29, 0.717) is 21.3 Å². The third-order valence-electron chi connectivity index (χ3n) is 5.10. The van der Waals surface area contributed by atoms with Crippen molar-refractivity contribution in [1.29, 1.82) is 0 Å². The molecule has 1 N–H and O–H groups in total. The average molecular weight is 378 g/mol. The van der Waals surface area contributed by atoms with Crippen molar-refractivity contribution in [2.45, 2.75) is 41.1 Å². The highest BCUT2D eigenvalue weighted by Crippen LogP contribution is 2.33. The van der Waals surface area contributed by atoms with E-state index in [1.165, 1.54) is 35.2 Å². The van der Waals surface area contributed by atoms with Gasteiger partial charge in [-0.1, -0.05) is 23.1 Å². The Morgan fingerprint density at radius 2 is 2.00 bits per heavy atom. The van der Waals surface area contributed by atoms with Crippen molar-refractivity contribution < 1.29 is 9.18 Å². The van der Waals surface area contributed by atoms with Gasteiger partial charge in [0.1, 0.15) is 5.82 Å². The second-order valence-electron chi connectivity index (χ2n) is 6.54. The predicted molar refractivity (Wildman–Crippen MR) is 95.4 cm³/mol. The predicted octanol–water partition coefficient (Wildman–Crippen LogP) is 3.04. The summed E-state index contributed by atoms with van der Waals surface area (Å²) in [4.78, 5) is 15.9. The summed E-state index contributed by atoms with van der Waals surface area (Å²) in [5.41, 5.74) is 0. The molecule has 3 saturated heterocycles. The third-order valence-corrected chi connectivity index (χ3v) is 7.08. The fourth-order valence-electron chi connectivity index (χ4n) is 3.70. The lowest BCUT2D eigenvalue weighted by Crippen LogP contribution is -2.62. The molecule has 5 rings (SSSR count). The molecule has 4 heterocycles. The van der Waals surface area contributed by atoms with Crippen LogP contribution in [-0.2, 0) is 0 Å². The van der Waals surface area contributed by atoms with Crippen molar-refractivity contribution in [2.75, 3.05) is 13.1 Å². The molecule has 1 aromatic carbocycles. The van der Waals surface area contributed by atoms with Gasteiger partial charge in [-0.05, 0) is 63.0 Å². The number of halogens is 1. The number of amides is 1. The van der Waals surface area contributed by atoms with E-state index in [0.717, 1.165) is 30.8 Å². The molecule has 3 aliphatic rings. The minimum absolute atomic E-state index is 0.144. The summed E-state index contributed by atoms with van der Waals surface area (Å²) in [6.45, 7) is 4.46. The van der Waals surface area contributed by atoms with Crippen LogP contribution < -0.4 is 5.32 Å². The van der Waals surface area contributed by atoms with E-state index in [1.54, 1.807) is 12.1 Å². The lowest BCUT2D eigenvalue weighted by atomic mass is 9.79. The van der Waals surface area contributed by atoms with Gasteiger partial charge in [-0.3, -0.25) is 9.69 Å². The van der Waals surface area contributed by atoms with Crippen LogP contribution in [0.3, 0.4) is 0 Å². The number of hydrogen-bond donors (Lipinski definition) is 1. The van der Waals surface area contributed by atoms with Crippen LogP contribution in [0, 0.1) is 11.7 Å². The highest BCUT2D eigenvalue weighted by atomic mass is 32.2. The zero-order chi connectivity index (χ0) is 17.4. The number of rotatable bonds is 4. The molecule has 1 amide bonds. The summed E-state index contributed by atoms with van der Waals surface area (Å²) in [6, 6.07) is 6.76. The highest BCUT2D eigenvalue weighted by Gasteiger charge is 2.40. The molecule has 132 valence electrons. The van der Waals surface area contributed by atoms with Gasteiger partial charge in [0.15, 0.2) is 4.34 Å². The minimum Gasteiger partial charge on any atom is -0.345 e. The average Bonchev–Trinajstić information content (AvgIpc) is 3.09. The quantitative estimate of drug-likeness (QED) is 0.886. The molecule has 0 spiro atoms. The summed E-state index contributed by atoms with van der Waals surface area (Å²) >= 11 is 2.65. The Kier molecular flexibility index (Phi) is 4.75. The molecular formula is C17H19FN4OS2. The van der Waals surface area contributed by atoms with E-state index in [1.807, 2.05) is 0 Å².